The first kappa shape index (κ1) is 14.6. The van der Waals surface area contributed by atoms with Gasteiger partial charge in [0.05, 0.1) is 0 Å². The first-order chi connectivity index (χ1) is 8.88. The monoisotopic (exact) mass is 268 g/mol. The first-order valence-corrected chi connectivity index (χ1v) is 7.64. The number of carbonyl (C=O) groups is 1. The van der Waals surface area contributed by atoms with Gasteiger partial charge < -0.3 is 15.4 Å². The van der Waals surface area contributed by atoms with Gasteiger partial charge in [0.25, 0.3) is 0 Å². The Bertz CT molecular complexity index is 325. The van der Waals surface area contributed by atoms with Gasteiger partial charge in [-0.15, -0.1) is 0 Å². The minimum atomic E-state index is -0.418. The zero-order chi connectivity index (χ0) is 14.0. The largest absolute Gasteiger partial charge is 0.444 e. The van der Waals surface area contributed by atoms with Gasteiger partial charge in [0.1, 0.15) is 5.60 Å². The molecule has 0 aromatic heterocycles. The second-order valence-corrected chi connectivity index (χ2v) is 7.00. The number of hydrogen-bond donors (Lipinski definition) is 1. The summed E-state index contributed by atoms with van der Waals surface area (Å²) in [6.45, 7) is 6.58. The van der Waals surface area contributed by atoms with Gasteiger partial charge in [0, 0.05) is 18.6 Å². The Morgan fingerprint density at radius 3 is 2.47 bits per heavy atom. The van der Waals surface area contributed by atoms with E-state index in [0.29, 0.717) is 12.0 Å². The third-order valence-corrected chi connectivity index (χ3v) is 4.30. The van der Waals surface area contributed by atoms with Crippen LogP contribution in [0, 0.1) is 5.92 Å². The molecule has 2 fully saturated rings. The molecule has 0 spiro atoms. The number of carbonyl (C=O) groups excluding carboxylic acids is 1. The van der Waals surface area contributed by atoms with Crippen molar-refractivity contribution >= 4 is 6.09 Å². The van der Waals surface area contributed by atoms with Gasteiger partial charge in [-0.25, -0.2) is 4.79 Å². The standard InChI is InChI=1S/C15H28N2O2/c1-15(2,3)19-14(18)17-10-6-9-13(17)11-7-4-5-8-12(11)16/h11-13H,4-10,16H2,1-3H3/t11-,12-,13-/m1/s1. The SMILES string of the molecule is CC(C)(C)OC(=O)N1CCC[C@@H]1[C@@H]1CCCC[C@H]1N. The molecule has 3 atom stereocenters. The maximum absolute atomic E-state index is 12.3. The van der Waals surface area contributed by atoms with Crippen LogP contribution in [0.5, 0.6) is 0 Å². The van der Waals surface area contributed by atoms with Crippen molar-refractivity contribution in [2.75, 3.05) is 6.54 Å². The highest BCUT2D eigenvalue weighted by Gasteiger charge is 2.39. The summed E-state index contributed by atoms with van der Waals surface area (Å²) in [6, 6.07) is 0.548. The molecule has 2 rings (SSSR count). The third-order valence-electron chi connectivity index (χ3n) is 4.30. The van der Waals surface area contributed by atoms with Gasteiger partial charge in [-0.05, 0) is 52.4 Å². The molecule has 110 valence electrons. The van der Waals surface area contributed by atoms with E-state index < -0.39 is 5.60 Å². The van der Waals surface area contributed by atoms with Crippen molar-refractivity contribution in [2.24, 2.45) is 11.7 Å². The molecule has 0 bridgehead atoms. The van der Waals surface area contributed by atoms with Crippen molar-refractivity contribution in [3.8, 4) is 0 Å². The van der Waals surface area contributed by atoms with Crippen LogP contribution in [0.1, 0.15) is 59.3 Å². The minimum Gasteiger partial charge on any atom is -0.444 e. The Morgan fingerprint density at radius 1 is 1.16 bits per heavy atom. The lowest BCUT2D eigenvalue weighted by Gasteiger charge is -2.38. The fourth-order valence-electron chi connectivity index (χ4n) is 3.45. The zero-order valence-corrected chi connectivity index (χ0v) is 12.5. The first-order valence-electron chi connectivity index (χ1n) is 7.64. The number of nitrogens with two attached hydrogens (primary N) is 1. The fourth-order valence-corrected chi connectivity index (χ4v) is 3.45. The van der Waals surface area contributed by atoms with Crippen molar-refractivity contribution in [3.05, 3.63) is 0 Å². The lowest BCUT2D eigenvalue weighted by molar-refractivity contribution is 0.0145. The van der Waals surface area contributed by atoms with Crippen LogP contribution >= 0.6 is 0 Å². The van der Waals surface area contributed by atoms with Gasteiger partial charge >= 0.3 is 6.09 Å². The molecule has 19 heavy (non-hydrogen) atoms. The van der Waals surface area contributed by atoms with Gasteiger partial charge in [0.15, 0.2) is 0 Å². The van der Waals surface area contributed by atoms with Crippen molar-refractivity contribution in [1.29, 1.82) is 0 Å². The average Bonchev–Trinajstić information content (AvgIpc) is 2.76. The molecule has 2 N–H and O–H groups in total. The minimum absolute atomic E-state index is 0.159. The lowest BCUT2D eigenvalue weighted by atomic mass is 9.79. The van der Waals surface area contributed by atoms with E-state index in [0.717, 1.165) is 32.2 Å². The molecule has 1 aliphatic carbocycles. The van der Waals surface area contributed by atoms with E-state index in [-0.39, 0.29) is 12.1 Å². The van der Waals surface area contributed by atoms with Crippen LogP contribution in [-0.4, -0.2) is 35.2 Å². The van der Waals surface area contributed by atoms with Crippen LogP contribution in [0.4, 0.5) is 4.79 Å². The molecule has 1 aliphatic heterocycles. The van der Waals surface area contributed by atoms with E-state index in [1.54, 1.807) is 0 Å². The molecule has 4 heteroatoms. The van der Waals surface area contributed by atoms with Gasteiger partial charge in [-0.1, -0.05) is 12.8 Å². The van der Waals surface area contributed by atoms with Crippen molar-refractivity contribution in [2.45, 2.75) is 77.0 Å². The van der Waals surface area contributed by atoms with Gasteiger partial charge in [-0.2, -0.15) is 0 Å². The molecule has 0 radical (unpaired) electrons. The summed E-state index contributed by atoms with van der Waals surface area (Å²) in [5.41, 5.74) is 5.85. The summed E-state index contributed by atoms with van der Waals surface area (Å²) in [4.78, 5) is 14.2. The second kappa shape index (κ2) is 5.70. The van der Waals surface area contributed by atoms with Crippen LogP contribution < -0.4 is 5.73 Å². The van der Waals surface area contributed by atoms with Crippen LogP contribution in [0.2, 0.25) is 0 Å². The Balaban J connectivity index is 2.01. The molecule has 4 nitrogen and oxygen atoms in total. The number of hydrogen-bond acceptors (Lipinski definition) is 3. The number of ether oxygens (including phenoxy) is 1. The Labute approximate surface area is 116 Å². The van der Waals surface area contributed by atoms with Crippen LogP contribution in [-0.2, 0) is 4.74 Å². The average molecular weight is 268 g/mol. The second-order valence-electron chi connectivity index (χ2n) is 7.00. The molecular formula is C15H28N2O2. The quantitative estimate of drug-likeness (QED) is 0.795. The summed E-state index contributed by atoms with van der Waals surface area (Å²) in [7, 11) is 0. The Kier molecular flexibility index (Phi) is 4.39. The maximum atomic E-state index is 12.3. The van der Waals surface area contributed by atoms with E-state index in [1.165, 1.54) is 12.8 Å². The third kappa shape index (κ3) is 3.62. The fraction of sp³-hybridized carbons (Fsp3) is 0.933. The molecule has 0 unspecified atom stereocenters. The Morgan fingerprint density at radius 2 is 1.84 bits per heavy atom. The maximum Gasteiger partial charge on any atom is 0.410 e. The van der Waals surface area contributed by atoms with Crippen molar-refractivity contribution in [3.63, 3.8) is 0 Å². The van der Waals surface area contributed by atoms with E-state index in [1.807, 2.05) is 25.7 Å². The van der Waals surface area contributed by atoms with Crippen molar-refractivity contribution in [1.82, 2.24) is 4.90 Å². The van der Waals surface area contributed by atoms with Gasteiger partial charge in [-0.3, -0.25) is 0 Å². The predicted octanol–water partition coefficient (Wildman–Crippen LogP) is 2.90. The number of likely N-dealkylation sites (tertiary alicyclic amines) is 1. The summed E-state index contributed by atoms with van der Waals surface area (Å²) >= 11 is 0. The summed E-state index contributed by atoms with van der Waals surface area (Å²) < 4.78 is 5.52. The molecule has 2 aliphatic rings. The smallest absolute Gasteiger partial charge is 0.410 e. The molecule has 1 saturated heterocycles. The summed E-state index contributed by atoms with van der Waals surface area (Å²) in [6.07, 6.45) is 6.74. The zero-order valence-electron chi connectivity index (χ0n) is 12.5. The summed E-state index contributed by atoms with van der Waals surface area (Å²) in [5.74, 6) is 0.462. The Hall–Kier alpha value is -0.770. The summed E-state index contributed by atoms with van der Waals surface area (Å²) in [5, 5.41) is 0. The molecule has 0 aromatic carbocycles. The molecular weight excluding hydrogens is 240 g/mol. The van der Waals surface area contributed by atoms with Crippen molar-refractivity contribution < 1.29 is 9.53 Å². The van der Waals surface area contributed by atoms with Crippen LogP contribution in [0.15, 0.2) is 0 Å². The molecule has 1 amide bonds. The van der Waals surface area contributed by atoms with E-state index in [9.17, 15) is 4.79 Å². The van der Waals surface area contributed by atoms with Crippen LogP contribution in [0.3, 0.4) is 0 Å². The predicted molar refractivity (Wildman–Crippen MR) is 75.9 cm³/mol. The number of rotatable bonds is 1. The lowest BCUT2D eigenvalue weighted by Crippen LogP contribution is -2.49. The van der Waals surface area contributed by atoms with Crippen LogP contribution in [0.25, 0.3) is 0 Å². The highest BCUT2D eigenvalue weighted by Crippen LogP contribution is 2.34. The molecule has 0 aromatic rings. The normalized spacial score (nSPS) is 32.4. The van der Waals surface area contributed by atoms with E-state index in [2.05, 4.69) is 0 Å². The number of amides is 1. The molecule has 1 heterocycles. The highest BCUT2D eigenvalue weighted by molar-refractivity contribution is 5.69. The van der Waals surface area contributed by atoms with Gasteiger partial charge in [0.2, 0.25) is 0 Å². The molecule has 1 saturated carbocycles. The van der Waals surface area contributed by atoms with E-state index in [4.69, 9.17) is 10.5 Å². The topological polar surface area (TPSA) is 55.6 Å². The highest BCUT2D eigenvalue weighted by atomic mass is 16.6. The van der Waals surface area contributed by atoms with E-state index >= 15 is 0 Å². The number of nitrogens with zero attached hydrogens (tertiary/aromatic N) is 1.